The molecule has 0 spiro atoms. The Bertz CT molecular complexity index is 1470. The van der Waals surface area contributed by atoms with E-state index in [1.807, 2.05) is 45.0 Å². The van der Waals surface area contributed by atoms with E-state index < -0.39 is 0 Å². The van der Waals surface area contributed by atoms with Crippen molar-refractivity contribution in [1.82, 2.24) is 4.98 Å². The Balaban J connectivity index is 0.000000194. The Hall–Kier alpha value is -4.00. The zero-order chi connectivity index (χ0) is 24.3. The lowest BCUT2D eigenvalue weighted by molar-refractivity contribution is 0.419. The standard InChI is InChI=1S/C15H16O4.C11H11NO2/c1-8(2)4-5-10-11(16)7-13-14(15(10)18)12(17)6-9(3)19-13;1-7-6-10(13)12-11-8(7)4-3-5-9(11)14-2/h4,6-7,16,18H,5H2,1-3H3;3-6H,1-2H3,(H,12,13). The van der Waals surface area contributed by atoms with E-state index in [9.17, 15) is 19.8 Å². The molecule has 2 heterocycles. The number of hydrogen-bond acceptors (Lipinski definition) is 6. The first-order chi connectivity index (χ1) is 15.6. The predicted octanol–water partition coefficient (Wildman–Crippen LogP) is 4.87. The summed E-state index contributed by atoms with van der Waals surface area (Å²) in [4.78, 5) is 25.9. The minimum atomic E-state index is -0.310. The average Bonchev–Trinajstić information content (AvgIpc) is 2.72. The van der Waals surface area contributed by atoms with E-state index in [1.54, 1.807) is 20.1 Å². The van der Waals surface area contributed by atoms with Crippen molar-refractivity contribution in [3.05, 3.63) is 85.5 Å². The van der Waals surface area contributed by atoms with Crippen molar-refractivity contribution < 1.29 is 19.4 Å². The van der Waals surface area contributed by atoms with Gasteiger partial charge in [-0.25, -0.2) is 0 Å². The number of H-pyrrole nitrogens is 1. The largest absolute Gasteiger partial charge is 0.507 e. The van der Waals surface area contributed by atoms with Gasteiger partial charge in [-0.15, -0.1) is 0 Å². The lowest BCUT2D eigenvalue weighted by atomic mass is 10.0. The summed E-state index contributed by atoms with van der Waals surface area (Å²) in [7, 11) is 1.59. The summed E-state index contributed by atoms with van der Waals surface area (Å²) >= 11 is 0. The molecule has 7 heteroatoms. The van der Waals surface area contributed by atoms with Gasteiger partial charge >= 0.3 is 0 Å². The molecule has 0 saturated carbocycles. The van der Waals surface area contributed by atoms with Gasteiger partial charge in [-0.05, 0) is 45.7 Å². The number of para-hydroxylation sites is 1. The van der Waals surface area contributed by atoms with Gasteiger partial charge in [-0.1, -0.05) is 23.8 Å². The number of allylic oxidation sites excluding steroid dienone is 2. The zero-order valence-corrected chi connectivity index (χ0v) is 19.3. The maximum Gasteiger partial charge on any atom is 0.248 e. The fourth-order valence-corrected chi connectivity index (χ4v) is 3.55. The molecule has 0 aliphatic heterocycles. The average molecular weight is 450 g/mol. The minimum Gasteiger partial charge on any atom is -0.507 e. The van der Waals surface area contributed by atoms with E-state index in [2.05, 4.69) is 4.98 Å². The molecule has 2 aromatic carbocycles. The van der Waals surface area contributed by atoms with Crippen molar-refractivity contribution in [1.29, 1.82) is 0 Å². The highest BCUT2D eigenvalue weighted by Gasteiger charge is 2.16. The number of nitrogens with one attached hydrogen (secondary N) is 1. The highest BCUT2D eigenvalue weighted by molar-refractivity contribution is 5.87. The monoisotopic (exact) mass is 449 g/mol. The van der Waals surface area contributed by atoms with Crippen LogP contribution in [0.1, 0.15) is 30.7 Å². The number of rotatable bonds is 3. The lowest BCUT2D eigenvalue weighted by Crippen LogP contribution is -2.05. The quantitative estimate of drug-likeness (QED) is 0.385. The van der Waals surface area contributed by atoms with Gasteiger partial charge in [0.25, 0.3) is 0 Å². The fraction of sp³-hybridized carbons (Fsp3) is 0.231. The Morgan fingerprint density at radius 2 is 1.85 bits per heavy atom. The molecule has 0 bridgehead atoms. The molecule has 7 nitrogen and oxygen atoms in total. The number of aryl methyl sites for hydroxylation is 2. The van der Waals surface area contributed by atoms with Crippen LogP contribution in [-0.4, -0.2) is 22.3 Å². The fourth-order valence-electron chi connectivity index (χ4n) is 3.55. The summed E-state index contributed by atoms with van der Waals surface area (Å²) in [5.74, 6) is 0.856. The number of aromatic amines is 1. The highest BCUT2D eigenvalue weighted by atomic mass is 16.5. The number of aromatic hydroxyl groups is 2. The van der Waals surface area contributed by atoms with Crippen molar-refractivity contribution in [3.8, 4) is 17.2 Å². The summed E-state index contributed by atoms with van der Waals surface area (Å²) in [5.41, 5.74) is 2.91. The summed E-state index contributed by atoms with van der Waals surface area (Å²) in [6.07, 6.45) is 2.24. The molecule has 4 aromatic rings. The van der Waals surface area contributed by atoms with Crippen molar-refractivity contribution in [2.24, 2.45) is 0 Å². The van der Waals surface area contributed by atoms with Crippen molar-refractivity contribution in [2.75, 3.05) is 7.11 Å². The number of phenolic OH excluding ortho intramolecular Hbond substituents is 2. The van der Waals surface area contributed by atoms with Gasteiger partial charge in [0.05, 0.1) is 12.6 Å². The molecular weight excluding hydrogens is 422 g/mol. The third kappa shape index (κ3) is 5.09. The second-order valence-corrected chi connectivity index (χ2v) is 8.00. The number of phenols is 2. The maximum absolute atomic E-state index is 11.9. The Labute approximate surface area is 190 Å². The molecule has 4 rings (SSSR count). The third-order valence-corrected chi connectivity index (χ3v) is 5.18. The number of fused-ring (bicyclic) bond motifs is 2. The first kappa shape index (κ1) is 23.7. The number of pyridine rings is 1. The Morgan fingerprint density at radius 1 is 1.12 bits per heavy atom. The number of aromatic nitrogens is 1. The van der Waals surface area contributed by atoms with E-state index >= 15 is 0 Å². The van der Waals surface area contributed by atoms with Crippen LogP contribution in [0, 0.1) is 13.8 Å². The third-order valence-electron chi connectivity index (χ3n) is 5.18. The van der Waals surface area contributed by atoms with E-state index in [0.717, 1.165) is 22.0 Å². The molecule has 0 radical (unpaired) electrons. The molecule has 0 fully saturated rings. The van der Waals surface area contributed by atoms with Crippen LogP contribution in [0.25, 0.3) is 21.9 Å². The van der Waals surface area contributed by atoms with Crippen molar-refractivity contribution >= 4 is 21.9 Å². The molecule has 0 amide bonds. The van der Waals surface area contributed by atoms with E-state index in [1.165, 1.54) is 12.1 Å². The molecule has 0 aliphatic rings. The van der Waals surface area contributed by atoms with Gasteiger partial charge in [0, 0.05) is 29.1 Å². The van der Waals surface area contributed by atoms with Gasteiger partial charge in [0.15, 0.2) is 5.43 Å². The normalized spacial score (nSPS) is 10.6. The van der Waals surface area contributed by atoms with Gasteiger partial charge in [0.2, 0.25) is 5.56 Å². The molecule has 0 atom stereocenters. The second kappa shape index (κ2) is 9.65. The Morgan fingerprint density at radius 3 is 2.52 bits per heavy atom. The van der Waals surface area contributed by atoms with Crippen molar-refractivity contribution in [3.63, 3.8) is 0 Å². The van der Waals surface area contributed by atoms with Crippen LogP contribution in [0.3, 0.4) is 0 Å². The number of ether oxygens (including phenoxy) is 1. The minimum absolute atomic E-state index is 0.0729. The van der Waals surface area contributed by atoms with Crippen molar-refractivity contribution in [2.45, 2.75) is 34.1 Å². The molecule has 2 aromatic heterocycles. The highest BCUT2D eigenvalue weighted by Crippen LogP contribution is 2.34. The SMILES string of the molecule is CC(C)=CCc1c(O)cc2oc(C)cc(=O)c2c1O.COc1cccc2c(C)cc(=O)[nH]c12. The first-order valence-corrected chi connectivity index (χ1v) is 10.4. The summed E-state index contributed by atoms with van der Waals surface area (Å²) < 4.78 is 10.5. The number of hydrogen-bond donors (Lipinski definition) is 3. The van der Waals surface area contributed by atoms with Crippen LogP contribution in [-0.2, 0) is 6.42 Å². The van der Waals surface area contributed by atoms with Gasteiger partial charge in [-0.3, -0.25) is 9.59 Å². The second-order valence-electron chi connectivity index (χ2n) is 8.00. The van der Waals surface area contributed by atoms with Gasteiger partial charge < -0.3 is 24.4 Å². The maximum atomic E-state index is 11.9. The predicted molar refractivity (Wildman–Crippen MR) is 130 cm³/mol. The number of benzene rings is 2. The van der Waals surface area contributed by atoms with E-state index in [0.29, 0.717) is 23.5 Å². The zero-order valence-electron chi connectivity index (χ0n) is 19.3. The van der Waals surface area contributed by atoms with E-state index in [4.69, 9.17) is 9.15 Å². The van der Waals surface area contributed by atoms with Crippen LogP contribution >= 0.6 is 0 Å². The molecule has 3 N–H and O–H groups in total. The molecule has 0 saturated heterocycles. The number of methoxy groups -OCH3 is 1. The van der Waals surface area contributed by atoms with Gasteiger partial charge in [-0.2, -0.15) is 0 Å². The van der Waals surface area contributed by atoms with Crippen LogP contribution in [0.5, 0.6) is 17.2 Å². The molecule has 0 aliphatic carbocycles. The Kier molecular flexibility index (Phi) is 6.92. The van der Waals surface area contributed by atoms with Crippen LogP contribution < -0.4 is 15.7 Å². The smallest absolute Gasteiger partial charge is 0.248 e. The topological polar surface area (TPSA) is 113 Å². The van der Waals surface area contributed by atoms with Crippen LogP contribution in [0.15, 0.2) is 62.1 Å². The summed E-state index contributed by atoms with van der Waals surface area (Å²) in [5, 5.41) is 21.2. The molecular formula is C26H27NO6. The van der Waals surface area contributed by atoms with E-state index in [-0.39, 0.29) is 33.5 Å². The lowest BCUT2D eigenvalue weighted by Gasteiger charge is -2.08. The van der Waals surface area contributed by atoms with Crippen LogP contribution in [0.2, 0.25) is 0 Å². The van der Waals surface area contributed by atoms with Crippen LogP contribution in [0.4, 0.5) is 0 Å². The summed E-state index contributed by atoms with van der Waals surface area (Å²) in [6, 6.07) is 9.98. The first-order valence-electron chi connectivity index (χ1n) is 10.4. The van der Waals surface area contributed by atoms with Gasteiger partial charge in [0.1, 0.15) is 34.0 Å². The molecule has 0 unspecified atom stereocenters. The summed E-state index contributed by atoms with van der Waals surface area (Å²) in [6.45, 7) is 7.41. The molecule has 172 valence electrons. The molecule has 33 heavy (non-hydrogen) atoms.